The number of rotatable bonds is 9. The van der Waals surface area contributed by atoms with E-state index in [0.29, 0.717) is 18.2 Å². The summed E-state index contributed by atoms with van der Waals surface area (Å²) in [6.45, 7) is 0. The number of carbonyl (C=O) groups is 3. The lowest BCUT2D eigenvalue weighted by molar-refractivity contribution is -0.138. The molecule has 0 aromatic heterocycles. The third-order valence-electron chi connectivity index (χ3n) is 5.77. The zero-order valence-corrected chi connectivity index (χ0v) is 21.2. The molecule has 0 saturated heterocycles. The fourth-order valence-corrected chi connectivity index (χ4v) is 6.13. The van der Waals surface area contributed by atoms with Crippen LogP contribution in [0.4, 0.5) is 39.5 Å². The minimum absolute atomic E-state index is 0.365. The van der Waals surface area contributed by atoms with E-state index in [0.717, 1.165) is 54.6 Å². The van der Waals surface area contributed by atoms with E-state index in [4.69, 9.17) is 0 Å². The van der Waals surface area contributed by atoms with E-state index in [2.05, 4.69) is 0 Å². The maximum atomic E-state index is 13.1. The van der Waals surface area contributed by atoms with Crippen LogP contribution in [0.1, 0.15) is 47.8 Å². The lowest BCUT2D eigenvalue weighted by Crippen LogP contribution is -2.25. The molecule has 40 heavy (non-hydrogen) atoms. The molecule has 0 aliphatic heterocycles. The van der Waals surface area contributed by atoms with Gasteiger partial charge < -0.3 is 0 Å². The van der Waals surface area contributed by atoms with E-state index in [-0.39, 0.29) is 16.7 Å². The minimum Gasteiger partial charge on any atom is -0.295 e. The zero-order chi connectivity index (χ0) is 29.9. The molecule has 0 fully saturated rings. The molecule has 211 valence electrons. The van der Waals surface area contributed by atoms with Gasteiger partial charge in [0.15, 0.2) is 17.3 Å². The SMILES string of the molecule is O=C(C[Si](CC(=O)c1cccc(C(F)(F)F)c1)CC(=O)c1cccc(C(F)(F)F)c1)c1cccc(C(F)(F)F)c1. The maximum Gasteiger partial charge on any atom is 0.416 e. The summed E-state index contributed by atoms with van der Waals surface area (Å²) in [5.74, 6) is -2.56. The highest BCUT2D eigenvalue weighted by atomic mass is 28.3. The van der Waals surface area contributed by atoms with Gasteiger partial charge in [0.2, 0.25) is 0 Å². The molecule has 0 aliphatic carbocycles. The smallest absolute Gasteiger partial charge is 0.295 e. The van der Waals surface area contributed by atoms with E-state index in [9.17, 15) is 53.9 Å². The van der Waals surface area contributed by atoms with Gasteiger partial charge in [-0.05, 0) is 36.4 Å². The van der Waals surface area contributed by atoms with Gasteiger partial charge in [0, 0.05) is 34.8 Å². The summed E-state index contributed by atoms with van der Waals surface area (Å²) in [6, 6.07) is 8.52. The van der Waals surface area contributed by atoms with Crippen molar-refractivity contribution < 1.29 is 53.9 Å². The summed E-state index contributed by atoms with van der Waals surface area (Å²) in [4.78, 5) is 38.6. The molecule has 1 radical (unpaired) electrons. The fraction of sp³-hybridized carbons (Fsp3) is 0.222. The van der Waals surface area contributed by atoms with Crippen LogP contribution in [0.25, 0.3) is 0 Å². The Hall–Kier alpha value is -3.74. The van der Waals surface area contributed by atoms with Crippen LogP contribution in [0.15, 0.2) is 72.8 Å². The summed E-state index contributed by atoms with van der Waals surface area (Å²) < 4.78 is 118. The third-order valence-corrected chi connectivity index (χ3v) is 8.23. The molecule has 3 rings (SSSR count). The first-order valence-electron chi connectivity index (χ1n) is 11.4. The van der Waals surface area contributed by atoms with Crippen LogP contribution in [0, 0.1) is 0 Å². The molecule has 0 N–H and O–H groups in total. The van der Waals surface area contributed by atoms with E-state index in [1.165, 1.54) is 0 Å². The number of hydrogen-bond acceptors (Lipinski definition) is 3. The first kappa shape index (κ1) is 30.8. The van der Waals surface area contributed by atoms with Gasteiger partial charge in [-0.25, -0.2) is 0 Å². The topological polar surface area (TPSA) is 51.2 Å². The van der Waals surface area contributed by atoms with Crippen molar-refractivity contribution in [1.29, 1.82) is 0 Å². The van der Waals surface area contributed by atoms with Crippen molar-refractivity contribution in [3.8, 4) is 0 Å². The summed E-state index contributed by atoms with van der Waals surface area (Å²) in [5.41, 5.74) is -4.45. The molecule has 0 saturated carbocycles. The predicted octanol–water partition coefficient (Wildman–Crippen LogP) is 8.19. The molecule has 0 amide bonds. The van der Waals surface area contributed by atoms with Crippen molar-refractivity contribution in [3.63, 3.8) is 0 Å². The molecule has 0 aliphatic rings. The predicted molar refractivity (Wildman–Crippen MR) is 127 cm³/mol. The van der Waals surface area contributed by atoms with E-state index < -0.39 is 79.5 Å². The largest absolute Gasteiger partial charge is 0.416 e. The maximum absolute atomic E-state index is 13.1. The molecule has 0 unspecified atom stereocenters. The van der Waals surface area contributed by atoms with E-state index in [1.807, 2.05) is 0 Å². The molecule has 0 spiro atoms. The highest BCUT2D eigenvalue weighted by molar-refractivity contribution is 6.70. The Morgan fingerprint density at radius 2 is 0.725 bits per heavy atom. The zero-order valence-electron chi connectivity index (χ0n) is 20.2. The third kappa shape index (κ3) is 8.13. The average Bonchev–Trinajstić information content (AvgIpc) is 2.87. The van der Waals surface area contributed by atoms with Crippen LogP contribution in [0.2, 0.25) is 18.1 Å². The lowest BCUT2D eigenvalue weighted by Gasteiger charge is -2.15. The summed E-state index contributed by atoms with van der Waals surface area (Å²) in [5, 5.41) is 0. The molecule has 0 bridgehead atoms. The average molecular weight is 590 g/mol. The molecule has 0 atom stereocenters. The number of halogens is 9. The summed E-state index contributed by atoms with van der Waals surface area (Å²) in [6.07, 6.45) is -14.3. The Balaban J connectivity index is 1.90. The van der Waals surface area contributed by atoms with Gasteiger partial charge >= 0.3 is 18.5 Å². The molecule has 0 heterocycles. The Morgan fingerprint density at radius 1 is 0.475 bits per heavy atom. The van der Waals surface area contributed by atoms with Crippen molar-refractivity contribution in [2.75, 3.05) is 0 Å². The molecular formula is C27H18F9O3Si. The van der Waals surface area contributed by atoms with Crippen LogP contribution in [-0.4, -0.2) is 26.1 Å². The Morgan fingerprint density at radius 3 is 0.950 bits per heavy atom. The second-order valence-electron chi connectivity index (χ2n) is 8.79. The van der Waals surface area contributed by atoms with Crippen molar-refractivity contribution in [3.05, 3.63) is 106 Å². The highest BCUT2D eigenvalue weighted by Gasteiger charge is 2.34. The fourth-order valence-electron chi connectivity index (χ4n) is 3.78. The molecule has 3 aromatic rings. The number of hydrogen-bond donors (Lipinski definition) is 0. The molecule has 3 aromatic carbocycles. The normalized spacial score (nSPS) is 12.4. The Bertz CT molecular complexity index is 1240. The monoisotopic (exact) mass is 589 g/mol. The second-order valence-corrected chi connectivity index (χ2v) is 11.3. The van der Waals surface area contributed by atoms with Crippen LogP contribution in [0.5, 0.6) is 0 Å². The van der Waals surface area contributed by atoms with Crippen LogP contribution >= 0.6 is 0 Å². The van der Waals surface area contributed by atoms with Gasteiger partial charge in [-0.1, -0.05) is 36.4 Å². The number of ketones is 3. The van der Waals surface area contributed by atoms with Gasteiger partial charge in [-0.3, -0.25) is 14.4 Å². The van der Waals surface area contributed by atoms with Gasteiger partial charge in [-0.2, -0.15) is 39.5 Å². The van der Waals surface area contributed by atoms with Crippen LogP contribution in [0.3, 0.4) is 0 Å². The van der Waals surface area contributed by atoms with Crippen LogP contribution in [-0.2, 0) is 18.5 Å². The molecule has 3 nitrogen and oxygen atoms in total. The van der Waals surface area contributed by atoms with Gasteiger partial charge in [0.1, 0.15) is 0 Å². The van der Waals surface area contributed by atoms with Gasteiger partial charge in [0.25, 0.3) is 0 Å². The number of carbonyl (C=O) groups excluding carboxylic acids is 3. The first-order chi connectivity index (χ1) is 18.4. The highest BCUT2D eigenvalue weighted by Crippen LogP contribution is 2.32. The van der Waals surface area contributed by atoms with Gasteiger partial charge in [-0.15, -0.1) is 0 Å². The van der Waals surface area contributed by atoms with E-state index >= 15 is 0 Å². The number of benzene rings is 3. The van der Waals surface area contributed by atoms with Crippen molar-refractivity contribution >= 4 is 26.1 Å². The summed E-state index contributed by atoms with van der Waals surface area (Å²) in [7, 11) is -2.52. The standard InChI is InChI=1S/C27H18F9O3Si/c28-25(29,30)19-7-1-4-16(10-19)22(37)13-40(14-23(38)17-5-2-8-20(11-17)26(31,32)33)15-24(39)18-6-3-9-21(12-18)27(34,35)36/h1-12H,13-15H2. The Labute approximate surface area is 223 Å². The Kier molecular flexibility index (Phi) is 9.07. The van der Waals surface area contributed by atoms with Crippen molar-refractivity contribution in [2.24, 2.45) is 0 Å². The first-order valence-corrected chi connectivity index (χ1v) is 13.5. The quantitative estimate of drug-likeness (QED) is 0.144. The molecule has 13 heteroatoms. The summed E-state index contributed by atoms with van der Waals surface area (Å²) >= 11 is 0. The van der Waals surface area contributed by atoms with Crippen molar-refractivity contribution in [1.82, 2.24) is 0 Å². The number of alkyl halides is 9. The van der Waals surface area contributed by atoms with Crippen LogP contribution < -0.4 is 0 Å². The molecular weight excluding hydrogens is 571 g/mol. The lowest BCUT2D eigenvalue weighted by atomic mass is 10.1. The number of Topliss-reactive ketones (excluding diaryl/α,β-unsaturated/α-hetero) is 3. The minimum atomic E-state index is -4.76. The van der Waals surface area contributed by atoms with Crippen molar-refractivity contribution in [2.45, 2.75) is 36.7 Å². The van der Waals surface area contributed by atoms with E-state index in [1.54, 1.807) is 0 Å². The van der Waals surface area contributed by atoms with Gasteiger partial charge in [0.05, 0.1) is 25.5 Å². The second kappa shape index (κ2) is 11.8.